The molecule has 0 atom stereocenters. The van der Waals surface area contributed by atoms with E-state index in [2.05, 4.69) is 20.6 Å². The van der Waals surface area contributed by atoms with Gasteiger partial charge in [0.15, 0.2) is 0 Å². The molecule has 0 aliphatic carbocycles. The van der Waals surface area contributed by atoms with Gasteiger partial charge in [-0.15, -0.1) is 0 Å². The van der Waals surface area contributed by atoms with Crippen molar-refractivity contribution in [1.29, 1.82) is 0 Å². The maximum absolute atomic E-state index is 12.6. The Morgan fingerprint density at radius 1 is 1.16 bits per heavy atom. The van der Waals surface area contributed by atoms with Gasteiger partial charge in [0, 0.05) is 37.8 Å². The number of carbonyl (C=O) groups is 3. The second-order valence-corrected chi connectivity index (χ2v) is 7.47. The van der Waals surface area contributed by atoms with Crippen LogP contribution in [0.1, 0.15) is 47.6 Å². The number of aryl methyl sites for hydroxylation is 1. The maximum atomic E-state index is 12.6. The van der Waals surface area contributed by atoms with Crippen LogP contribution < -0.4 is 15.4 Å². The van der Waals surface area contributed by atoms with Crippen LogP contribution in [0.4, 0.5) is 5.69 Å². The molecule has 0 radical (unpaired) electrons. The number of nitrogens with one attached hydrogen (secondary N) is 2. The van der Waals surface area contributed by atoms with E-state index in [4.69, 9.17) is 4.74 Å². The fourth-order valence-electron chi connectivity index (χ4n) is 3.48. The standard InChI is InChI=1S/C22H27N5O4/c1-14-19(22(30)26-17-4-6-18(31-3)7-5-17)12-24-21(25-14)16-8-10-27(11-9-16)20(29)13-23-15(2)28/h4-7,12,16H,8-11,13H2,1-3H3,(H,23,28)(H,26,30). The number of anilines is 1. The van der Waals surface area contributed by atoms with Crippen LogP contribution in [-0.2, 0) is 9.59 Å². The normalized spacial score (nSPS) is 14.1. The van der Waals surface area contributed by atoms with Crippen LogP contribution in [-0.4, -0.2) is 59.3 Å². The summed E-state index contributed by atoms with van der Waals surface area (Å²) in [5.74, 6) is 0.950. The van der Waals surface area contributed by atoms with Gasteiger partial charge in [-0.05, 0) is 44.0 Å². The quantitative estimate of drug-likeness (QED) is 0.731. The predicted octanol–water partition coefficient (Wildman–Crippen LogP) is 1.89. The second-order valence-electron chi connectivity index (χ2n) is 7.47. The maximum Gasteiger partial charge on any atom is 0.259 e. The molecule has 1 saturated heterocycles. The van der Waals surface area contributed by atoms with Gasteiger partial charge in [-0.25, -0.2) is 9.97 Å². The average molecular weight is 425 g/mol. The number of likely N-dealkylation sites (tertiary alicyclic amines) is 1. The van der Waals surface area contributed by atoms with Crippen LogP contribution >= 0.6 is 0 Å². The van der Waals surface area contributed by atoms with E-state index in [9.17, 15) is 14.4 Å². The zero-order chi connectivity index (χ0) is 22.4. The third kappa shape index (κ3) is 5.78. The van der Waals surface area contributed by atoms with Crippen molar-refractivity contribution in [2.75, 3.05) is 32.1 Å². The molecule has 0 saturated carbocycles. The van der Waals surface area contributed by atoms with Gasteiger partial charge in [0.05, 0.1) is 24.9 Å². The third-order valence-corrected chi connectivity index (χ3v) is 5.29. The topological polar surface area (TPSA) is 114 Å². The zero-order valence-electron chi connectivity index (χ0n) is 18.0. The van der Waals surface area contributed by atoms with Gasteiger partial charge in [0.25, 0.3) is 5.91 Å². The SMILES string of the molecule is COc1ccc(NC(=O)c2cnc(C3CCN(C(=O)CNC(C)=O)CC3)nc2C)cc1. The highest BCUT2D eigenvalue weighted by Gasteiger charge is 2.26. The van der Waals surface area contributed by atoms with E-state index in [1.807, 2.05) is 0 Å². The van der Waals surface area contributed by atoms with Gasteiger partial charge < -0.3 is 20.3 Å². The largest absolute Gasteiger partial charge is 0.497 e. The molecule has 2 N–H and O–H groups in total. The van der Waals surface area contributed by atoms with Crippen LogP contribution in [0, 0.1) is 6.92 Å². The van der Waals surface area contributed by atoms with Gasteiger partial charge >= 0.3 is 0 Å². The number of hydrogen-bond donors (Lipinski definition) is 2. The van der Waals surface area contributed by atoms with E-state index >= 15 is 0 Å². The molecule has 9 nitrogen and oxygen atoms in total. The number of aromatic nitrogens is 2. The number of ether oxygens (including phenoxy) is 1. The van der Waals surface area contributed by atoms with E-state index in [0.29, 0.717) is 41.6 Å². The summed E-state index contributed by atoms with van der Waals surface area (Å²) in [5.41, 5.74) is 1.69. The van der Waals surface area contributed by atoms with Gasteiger partial charge in [0.1, 0.15) is 11.6 Å². The molecule has 3 amide bonds. The number of amides is 3. The van der Waals surface area contributed by atoms with E-state index in [0.717, 1.165) is 12.8 Å². The lowest BCUT2D eigenvalue weighted by molar-refractivity contribution is -0.133. The Morgan fingerprint density at radius 2 is 1.84 bits per heavy atom. The molecule has 31 heavy (non-hydrogen) atoms. The highest BCUT2D eigenvalue weighted by molar-refractivity contribution is 6.04. The molecule has 1 aromatic heterocycles. The van der Waals surface area contributed by atoms with Crippen molar-refractivity contribution in [3.63, 3.8) is 0 Å². The number of carbonyl (C=O) groups excluding carboxylic acids is 3. The van der Waals surface area contributed by atoms with Crippen molar-refractivity contribution < 1.29 is 19.1 Å². The first-order chi connectivity index (χ1) is 14.9. The van der Waals surface area contributed by atoms with Crippen LogP contribution in [0.15, 0.2) is 30.5 Å². The highest BCUT2D eigenvalue weighted by Crippen LogP contribution is 2.26. The van der Waals surface area contributed by atoms with Crippen LogP contribution in [0.5, 0.6) is 5.75 Å². The minimum absolute atomic E-state index is 0.0214. The number of piperidine rings is 1. The Kier molecular flexibility index (Phi) is 7.17. The Balaban J connectivity index is 1.58. The van der Waals surface area contributed by atoms with Gasteiger partial charge in [-0.1, -0.05) is 0 Å². The predicted molar refractivity (Wildman–Crippen MR) is 115 cm³/mol. The number of rotatable bonds is 6. The smallest absolute Gasteiger partial charge is 0.259 e. The van der Waals surface area contributed by atoms with Gasteiger partial charge in [0.2, 0.25) is 11.8 Å². The number of nitrogens with zero attached hydrogens (tertiary/aromatic N) is 3. The molecule has 1 aliphatic rings. The lowest BCUT2D eigenvalue weighted by Crippen LogP contribution is -2.43. The highest BCUT2D eigenvalue weighted by atomic mass is 16.5. The fraction of sp³-hybridized carbons (Fsp3) is 0.409. The lowest BCUT2D eigenvalue weighted by atomic mass is 9.95. The van der Waals surface area contributed by atoms with Crippen molar-refractivity contribution in [2.45, 2.75) is 32.6 Å². The van der Waals surface area contributed by atoms with Crippen LogP contribution in [0.3, 0.4) is 0 Å². The third-order valence-electron chi connectivity index (χ3n) is 5.29. The fourth-order valence-corrected chi connectivity index (χ4v) is 3.48. The average Bonchev–Trinajstić information content (AvgIpc) is 2.78. The molecule has 2 heterocycles. The van der Waals surface area contributed by atoms with E-state index in [1.54, 1.807) is 49.4 Å². The minimum Gasteiger partial charge on any atom is -0.497 e. The number of methoxy groups -OCH3 is 1. The summed E-state index contributed by atoms with van der Waals surface area (Å²) in [6.45, 7) is 4.38. The Labute approximate surface area is 181 Å². The summed E-state index contributed by atoms with van der Waals surface area (Å²) < 4.78 is 5.12. The van der Waals surface area contributed by atoms with Crippen molar-refractivity contribution >= 4 is 23.4 Å². The molecule has 1 aliphatic heterocycles. The first-order valence-corrected chi connectivity index (χ1v) is 10.2. The molecule has 0 bridgehead atoms. The summed E-state index contributed by atoms with van der Waals surface area (Å²) in [6.07, 6.45) is 3.04. The molecule has 2 aromatic rings. The van der Waals surface area contributed by atoms with Gasteiger partial charge in [-0.3, -0.25) is 14.4 Å². The van der Waals surface area contributed by atoms with Crippen molar-refractivity contribution in [3.8, 4) is 5.75 Å². The van der Waals surface area contributed by atoms with Crippen molar-refractivity contribution in [2.24, 2.45) is 0 Å². The molecule has 0 spiro atoms. The summed E-state index contributed by atoms with van der Waals surface area (Å²) in [7, 11) is 1.59. The summed E-state index contributed by atoms with van der Waals surface area (Å²) in [6, 6.07) is 7.08. The molecule has 0 unspecified atom stereocenters. The Morgan fingerprint density at radius 3 is 2.42 bits per heavy atom. The van der Waals surface area contributed by atoms with Crippen molar-refractivity contribution in [3.05, 3.63) is 47.5 Å². The molecular weight excluding hydrogens is 398 g/mol. The summed E-state index contributed by atoms with van der Waals surface area (Å²) >= 11 is 0. The van der Waals surface area contributed by atoms with E-state index in [-0.39, 0.29) is 30.2 Å². The van der Waals surface area contributed by atoms with E-state index < -0.39 is 0 Å². The van der Waals surface area contributed by atoms with Crippen LogP contribution in [0.2, 0.25) is 0 Å². The Hall–Kier alpha value is -3.49. The second kappa shape index (κ2) is 10.0. The monoisotopic (exact) mass is 425 g/mol. The lowest BCUT2D eigenvalue weighted by Gasteiger charge is -2.31. The van der Waals surface area contributed by atoms with Crippen molar-refractivity contribution in [1.82, 2.24) is 20.2 Å². The zero-order valence-corrected chi connectivity index (χ0v) is 18.0. The van der Waals surface area contributed by atoms with E-state index in [1.165, 1.54) is 6.92 Å². The molecule has 1 aromatic carbocycles. The molecule has 1 fully saturated rings. The number of benzene rings is 1. The minimum atomic E-state index is -0.271. The van der Waals surface area contributed by atoms with Crippen LogP contribution in [0.25, 0.3) is 0 Å². The first kappa shape index (κ1) is 22.2. The molecule has 164 valence electrons. The number of hydrogen-bond acceptors (Lipinski definition) is 6. The Bertz CT molecular complexity index is 953. The molecule has 3 rings (SSSR count). The summed E-state index contributed by atoms with van der Waals surface area (Å²) in [4.78, 5) is 46.5. The summed E-state index contributed by atoms with van der Waals surface area (Å²) in [5, 5.41) is 5.37. The molecule has 9 heteroatoms. The molecular formula is C22H27N5O4. The first-order valence-electron chi connectivity index (χ1n) is 10.2. The van der Waals surface area contributed by atoms with Gasteiger partial charge in [-0.2, -0.15) is 0 Å².